The molecule has 1 saturated heterocycles. The first kappa shape index (κ1) is 20.8. The third kappa shape index (κ3) is 4.72. The summed E-state index contributed by atoms with van der Waals surface area (Å²) in [5.41, 5.74) is 2.00. The van der Waals surface area contributed by atoms with E-state index in [1.54, 1.807) is 31.4 Å². The summed E-state index contributed by atoms with van der Waals surface area (Å²) in [6, 6.07) is 14.0. The molecule has 0 unspecified atom stereocenters. The van der Waals surface area contributed by atoms with E-state index < -0.39 is 16.1 Å². The lowest BCUT2D eigenvalue weighted by Gasteiger charge is -2.37. The Morgan fingerprint density at radius 1 is 1.07 bits per heavy atom. The lowest BCUT2D eigenvalue weighted by molar-refractivity contribution is -0.0119. The van der Waals surface area contributed by atoms with Gasteiger partial charge in [0.1, 0.15) is 5.75 Å². The van der Waals surface area contributed by atoms with E-state index in [9.17, 15) is 13.5 Å². The molecule has 6 nitrogen and oxygen atoms in total. The predicted octanol–water partition coefficient (Wildman–Crippen LogP) is 2.73. The highest BCUT2D eigenvalue weighted by atomic mass is 32.2. The number of rotatable bonds is 7. The van der Waals surface area contributed by atoms with E-state index in [-0.39, 0.29) is 24.2 Å². The van der Waals surface area contributed by atoms with Gasteiger partial charge in [-0.05, 0) is 49.6 Å². The molecule has 0 spiro atoms. The maximum absolute atomic E-state index is 13.1. The molecule has 0 bridgehead atoms. The van der Waals surface area contributed by atoms with Gasteiger partial charge in [-0.2, -0.15) is 4.31 Å². The Bertz CT molecular complexity index is 865. The summed E-state index contributed by atoms with van der Waals surface area (Å²) in [6.45, 7) is 2.35. The Hall–Kier alpha value is -1.93. The predicted molar refractivity (Wildman–Crippen MR) is 107 cm³/mol. The van der Waals surface area contributed by atoms with Crippen LogP contribution in [0.5, 0.6) is 5.75 Å². The smallest absolute Gasteiger partial charge is 0.243 e. The molecule has 152 valence electrons. The van der Waals surface area contributed by atoms with Crippen LogP contribution in [0.25, 0.3) is 0 Å². The molecular weight excluding hydrogens is 378 g/mol. The van der Waals surface area contributed by atoms with Gasteiger partial charge < -0.3 is 14.6 Å². The zero-order valence-corrected chi connectivity index (χ0v) is 17.1. The summed E-state index contributed by atoms with van der Waals surface area (Å²) in [4.78, 5) is 0.243. The van der Waals surface area contributed by atoms with Crippen molar-refractivity contribution in [3.8, 4) is 5.75 Å². The van der Waals surface area contributed by atoms with Crippen LogP contribution in [0.4, 0.5) is 0 Å². The first-order valence-electron chi connectivity index (χ1n) is 9.38. The minimum Gasteiger partial charge on any atom is -0.497 e. The van der Waals surface area contributed by atoms with E-state index in [4.69, 9.17) is 9.47 Å². The largest absolute Gasteiger partial charge is 0.497 e. The van der Waals surface area contributed by atoms with Gasteiger partial charge in [0.15, 0.2) is 0 Å². The van der Waals surface area contributed by atoms with E-state index in [0.29, 0.717) is 19.4 Å². The van der Waals surface area contributed by atoms with Crippen LogP contribution in [0.2, 0.25) is 0 Å². The number of nitrogens with zero attached hydrogens (tertiary/aromatic N) is 1. The minimum atomic E-state index is -3.69. The second kappa shape index (κ2) is 9.05. The standard InChI is InChI=1S/C21H27NO5S/c1-16-3-11-21(12-4-16)28(24,25)22-13-20(10-7-18(22)14-23)27-15-17-5-8-19(26-2)9-6-17/h3-6,8-9,11-12,18,20,23H,7,10,13-15H2,1-2H3/t18-,20+/m0/s1. The number of methoxy groups -OCH3 is 1. The van der Waals surface area contributed by atoms with Gasteiger partial charge in [-0.25, -0.2) is 8.42 Å². The Morgan fingerprint density at radius 3 is 2.36 bits per heavy atom. The maximum atomic E-state index is 13.1. The van der Waals surface area contributed by atoms with Gasteiger partial charge in [0.05, 0.1) is 31.3 Å². The molecule has 2 aromatic rings. The number of aryl methyl sites for hydroxylation is 1. The van der Waals surface area contributed by atoms with Crippen molar-refractivity contribution >= 4 is 10.0 Å². The number of piperidine rings is 1. The van der Waals surface area contributed by atoms with Gasteiger partial charge in [0.25, 0.3) is 0 Å². The van der Waals surface area contributed by atoms with Gasteiger partial charge >= 0.3 is 0 Å². The van der Waals surface area contributed by atoms with E-state index >= 15 is 0 Å². The Kier molecular flexibility index (Phi) is 6.72. The normalized spacial score (nSPS) is 20.8. The van der Waals surface area contributed by atoms with Crippen molar-refractivity contribution in [2.75, 3.05) is 20.3 Å². The molecule has 1 fully saturated rings. The summed E-state index contributed by atoms with van der Waals surface area (Å²) in [7, 11) is -2.07. The van der Waals surface area contributed by atoms with Crippen LogP contribution >= 0.6 is 0 Å². The molecule has 2 aromatic carbocycles. The number of hydrogen-bond acceptors (Lipinski definition) is 5. The molecule has 0 saturated carbocycles. The number of benzene rings is 2. The molecule has 7 heteroatoms. The molecule has 2 atom stereocenters. The summed E-state index contributed by atoms with van der Waals surface area (Å²) in [5.74, 6) is 0.780. The first-order chi connectivity index (χ1) is 13.4. The van der Waals surface area contributed by atoms with Crippen LogP contribution in [0.1, 0.15) is 24.0 Å². The van der Waals surface area contributed by atoms with Crippen LogP contribution in [0, 0.1) is 6.92 Å². The zero-order chi connectivity index (χ0) is 20.1. The first-order valence-corrected chi connectivity index (χ1v) is 10.8. The Balaban J connectivity index is 1.70. The molecule has 0 aliphatic carbocycles. The number of ether oxygens (including phenoxy) is 2. The van der Waals surface area contributed by atoms with Gasteiger partial charge in [0.2, 0.25) is 10.0 Å². The number of sulfonamides is 1. The highest BCUT2D eigenvalue weighted by Crippen LogP contribution is 2.27. The van der Waals surface area contributed by atoms with Crippen LogP contribution < -0.4 is 4.74 Å². The summed E-state index contributed by atoms with van der Waals surface area (Å²) >= 11 is 0. The number of aliphatic hydroxyl groups is 1. The van der Waals surface area contributed by atoms with Crippen molar-refractivity contribution in [2.45, 2.75) is 43.4 Å². The second-order valence-electron chi connectivity index (χ2n) is 7.08. The van der Waals surface area contributed by atoms with Crippen molar-refractivity contribution in [1.29, 1.82) is 0 Å². The van der Waals surface area contributed by atoms with Gasteiger partial charge in [-0.1, -0.05) is 29.8 Å². The average Bonchev–Trinajstić information content (AvgIpc) is 2.72. The van der Waals surface area contributed by atoms with Crippen LogP contribution in [0.3, 0.4) is 0 Å². The number of aliphatic hydroxyl groups excluding tert-OH is 1. The van der Waals surface area contributed by atoms with Gasteiger partial charge in [-0.3, -0.25) is 0 Å². The molecule has 1 aliphatic rings. The van der Waals surface area contributed by atoms with Crippen molar-refractivity contribution in [2.24, 2.45) is 0 Å². The van der Waals surface area contributed by atoms with E-state index in [1.165, 1.54) is 4.31 Å². The quantitative estimate of drug-likeness (QED) is 0.767. The van der Waals surface area contributed by atoms with Crippen molar-refractivity contribution < 1.29 is 23.0 Å². The highest BCUT2D eigenvalue weighted by molar-refractivity contribution is 7.89. The van der Waals surface area contributed by atoms with Crippen LogP contribution in [-0.2, 0) is 21.4 Å². The maximum Gasteiger partial charge on any atom is 0.243 e. The van der Waals surface area contributed by atoms with E-state index in [2.05, 4.69) is 0 Å². The zero-order valence-electron chi connectivity index (χ0n) is 16.2. The summed E-state index contributed by atoms with van der Waals surface area (Å²) < 4.78 is 38.7. The van der Waals surface area contributed by atoms with E-state index in [1.807, 2.05) is 31.2 Å². The van der Waals surface area contributed by atoms with Gasteiger partial charge in [0, 0.05) is 12.6 Å². The average molecular weight is 406 g/mol. The van der Waals surface area contributed by atoms with Crippen LogP contribution in [0.15, 0.2) is 53.4 Å². The molecule has 1 N–H and O–H groups in total. The molecule has 0 radical (unpaired) electrons. The van der Waals surface area contributed by atoms with Crippen molar-refractivity contribution in [3.05, 3.63) is 59.7 Å². The lowest BCUT2D eigenvalue weighted by Crippen LogP contribution is -2.50. The molecule has 0 amide bonds. The molecule has 28 heavy (non-hydrogen) atoms. The monoisotopic (exact) mass is 405 g/mol. The van der Waals surface area contributed by atoms with Crippen LogP contribution in [-0.4, -0.2) is 50.2 Å². The summed E-state index contributed by atoms with van der Waals surface area (Å²) in [6.07, 6.45) is 1.06. The fourth-order valence-corrected chi connectivity index (χ4v) is 5.04. The molecule has 3 rings (SSSR count). The fourth-order valence-electron chi connectivity index (χ4n) is 3.36. The fraction of sp³-hybridized carbons (Fsp3) is 0.429. The molecule has 0 aromatic heterocycles. The minimum absolute atomic E-state index is 0.198. The third-order valence-electron chi connectivity index (χ3n) is 5.10. The Labute approximate surface area is 166 Å². The van der Waals surface area contributed by atoms with Crippen molar-refractivity contribution in [1.82, 2.24) is 4.31 Å². The second-order valence-corrected chi connectivity index (χ2v) is 8.97. The molecule has 1 heterocycles. The van der Waals surface area contributed by atoms with Gasteiger partial charge in [-0.15, -0.1) is 0 Å². The lowest BCUT2D eigenvalue weighted by atomic mass is 10.0. The van der Waals surface area contributed by atoms with Crippen molar-refractivity contribution in [3.63, 3.8) is 0 Å². The Morgan fingerprint density at radius 2 is 1.75 bits per heavy atom. The highest BCUT2D eigenvalue weighted by Gasteiger charge is 2.37. The molecule has 1 aliphatic heterocycles. The third-order valence-corrected chi connectivity index (χ3v) is 7.03. The van der Waals surface area contributed by atoms with E-state index in [0.717, 1.165) is 16.9 Å². The SMILES string of the molecule is COc1ccc(CO[C@@H]2CC[C@@H](CO)N(S(=O)(=O)c3ccc(C)cc3)C2)cc1. The topological polar surface area (TPSA) is 76.1 Å². The number of hydrogen-bond donors (Lipinski definition) is 1. The molecular formula is C21H27NO5S. The summed E-state index contributed by atoms with van der Waals surface area (Å²) in [5, 5.41) is 9.70.